The van der Waals surface area contributed by atoms with Crippen molar-refractivity contribution < 1.29 is 23.1 Å². The van der Waals surface area contributed by atoms with Crippen LogP contribution in [0.1, 0.15) is 18.1 Å². The predicted octanol–water partition coefficient (Wildman–Crippen LogP) is 6.20. The molecule has 0 bridgehead atoms. The van der Waals surface area contributed by atoms with Crippen LogP contribution < -0.4 is 0 Å². The first kappa shape index (κ1) is 24.5. The van der Waals surface area contributed by atoms with Crippen LogP contribution in [0, 0.1) is 0 Å². The molecule has 0 aliphatic carbocycles. The number of aliphatic hydroxyl groups is 1. The third kappa shape index (κ3) is 5.81. The van der Waals surface area contributed by atoms with Crippen LogP contribution in [-0.2, 0) is 31.3 Å². The highest BCUT2D eigenvalue weighted by Crippen LogP contribution is 2.36. The first-order chi connectivity index (χ1) is 14.2. The van der Waals surface area contributed by atoms with Gasteiger partial charge in [-0.25, -0.2) is 0 Å². The minimum Gasteiger partial charge on any atom is -0.382 e. The number of ether oxygens (including phenoxy) is 3. The van der Waals surface area contributed by atoms with Crippen molar-refractivity contribution in [3.05, 3.63) is 67.6 Å². The maximum absolute atomic E-state index is 10.9. The standard InChI is InChI=1S/C20H19BrCl4O5/c1-20(26)18(28-9-12-3-5-14(23)7-16(12)25)17(29-19(20)30-21)10-27-8-11-2-4-13(22)6-15(11)24/h2-7,17-19,26H,8-10H2,1H3/t17-,18-,19-,20-/m1/s1. The lowest BCUT2D eigenvalue weighted by atomic mass is 9.97. The van der Waals surface area contributed by atoms with E-state index in [2.05, 4.69) is 16.3 Å². The molecule has 0 spiro atoms. The molecule has 164 valence electrons. The quantitative estimate of drug-likeness (QED) is 0.416. The molecule has 1 N–H and O–H groups in total. The van der Waals surface area contributed by atoms with E-state index >= 15 is 0 Å². The molecule has 5 nitrogen and oxygen atoms in total. The Hall–Kier alpha value is -0.120. The van der Waals surface area contributed by atoms with Gasteiger partial charge in [0.1, 0.15) is 34.1 Å². The van der Waals surface area contributed by atoms with Crippen LogP contribution in [0.5, 0.6) is 0 Å². The van der Waals surface area contributed by atoms with Gasteiger partial charge in [-0.3, -0.25) is 3.83 Å². The van der Waals surface area contributed by atoms with Gasteiger partial charge in [0.05, 0.1) is 19.8 Å². The summed E-state index contributed by atoms with van der Waals surface area (Å²) in [5, 5.41) is 13.0. The second kappa shape index (κ2) is 10.7. The van der Waals surface area contributed by atoms with Crippen molar-refractivity contribution in [3.63, 3.8) is 0 Å². The van der Waals surface area contributed by atoms with Crippen molar-refractivity contribution >= 4 is 62.7 Å². The minimum atomic E-state index is -1.44. The highest BCUT2D eigenvalue weighted by Gasteiger charge is 2.54. The highest BCUT2D eigenvalue weighted by molar-refractivity contribution is 9.06. The van der Waals surface area contributed by atoms with Crippen molar-refractivity contribution in [2.75, 3.05) is 6.61 Å². The van der Waals surface area contributed by atoms with Crippen molar-refractivity contribution in [1.29, 1.82) is 0 Å². The molecule has 0 aromatic heterocycles. The number of hydrogen-bond donors (Lipinski definition) is 1. The first-order valence-corrected chi connectivity index (χ1v) is 11.1. The summed E-state index contributed by atoms with van der Waals surface area (Å²) in [7, 11) is 0. The van der Waals surface area contributed by atoms with E-state index < -0.39 is 24.1 Å². The highest BCUT2D eigenvalue weighted by atomic mass is 79.9. The van der Waals surface area contributed by atoms with Gasteiger partial charge in [0.25, 0.3) is 0 Å². The van der Waals surface area contributed by atoms with Gasteiger partial charge in [-0.2, -0.15) is 0 Å². The Bertz CT molecular complexity index is 882. The Kier molecular flexibility index (Phi) is 8.72. The summed E-state index contributed by atoms with van der Waals surface area (Å²) in [6.45, 7) is 2.10. The molecule has 1 aliphatic rings. The average Bonchev–Trinajstić information content (AvgIpc) is 2.92. The molecule has 0 unspecified atom stereocenters. The molecule has 30 heavy (non-hydrogen) atoms. The van der Waals surface area contributed by atoms with Gasteiger partial charge in [0, 0.05) is 20.1 Å². The number of halogens is 5. The molecular weight excluding hydrogens is 542 g/mol. The normalized spacial score (nSPS) is 26.3. The van der Waals surface area contributed by atoms with E-state index in [-0.39, 0.29) is 19.8 Å². The molecule has 1 heterocycles. The van der Waals surface area contributed by atoms with Crippen molar-refractivity contribution in [1.82, 2.24) is 0 Å². The van der Waals surface area contributed by atoms with E-state index in [1.165, 1.54) is 0 Å². The van der Waals surface area contributed by atoms with Crippen molar-refractivity contribution in [2.24, 2.45) is 0 Å². The number of rotatable bonds is 8. The van der Waals surface area contributed by atoms with Crippen LogP contribution in [0.3, 0.4) is 0 Å². The molecule has 10 heteroatoms. The summed E-state index contributed by atoms with van der Waals surface area (Å²) in [4.78, 5) is 0. The van der Waals surface area contributed by atoms with Crippen LogP contribution in [0.4, 0.5) is 0 Å². The molecule has 0 radical (unpaired) electrons. The summed E-state index contributed by atoms with van der Waals surface area (Å²) in [6.07, 6.45) is -2.29. The van der Waals surface area contributed by atoms with Crippen LogP contribution in [-0.4, -0.2) is 35.8 Å². The van der Waals surface area contributed by atoms with E-state index in [9.17, 15) is 5.11 Å². The largest absolute Gasteiger partial charge is 0.382 e. The van der Waals surface area contributed by atoms with Crippen LogP contribution in [0.25, 0.3) is 0 Å². The van der Waals surface area contributed by atoms with E-state index in [0.717, 1.165) is 11.1 Å². The van der Waals surface area contributed by atoms with Crippen molar-refractivity contribution in [3.8, 4) is 0 Å². The zero-order chi connectivity index (χ0) is 21.9. The third-order valence-corrected chi connectivity index (χ3v) is 6.27. The topological polar surface area (TPSA) is 57.2 Å². The summed E-state index contributed by atoms with van der Waals surface area (Å²) in [5.41, 5.74) is 0.0752. The Morgan fingerprint density at radius 3 is 2.10 bits per heavy atom. The minimum absolute atomic E-state index is 0.140. The molecule has 2 aromatic rings. The summed E-state index contributed by atoms with van der Waals surface area (Å²) < 4.78 is 22.6. The molecular formula is C20H19BrCl4O5. The van der Waals surface area contributed by atoms with Crippen LogP contribution in [0.2, 0.25) is 20.1 Å². The molecule has 2 aromatic carbocycles. The maximum atomic E-state index is 10.9. The van der Waals surface area contributed by atoms with Crippen LogP contribution >= 0.6 is 62.7 Å². The van der Waals surface area contributed by atoms with Gasteiger partial charge in [0.2, 0.25) is 6.29 Å². The number of hydrogen-bond acceptors (Lipinski definition) is 5. The van der Waals surface area contributed by atoms with E-state index in [0.29, 0.717) is 20.1 Å². The summed E-state index contributed by atoms with van der Waals surface area (Å²) in [6, 6.07) is 10.3. The Balaban J connectivity index is 1.66. The van der Waals surface area contributed by atoms with E-state index in [1.807, 2.05) is 0 Å². The lowest BCUT2D eigenvalue weighted by Crippen LogP contribution is -2.47. The number of benzene rings is 2. The Labute approximate surface area is 203 Å². The summed E-state index contributed by atoms with van der Waals surface area (Å²) in [5.74, 6) is 0. The molecule has 1 saturated heterocycles. The van der Waals surface area contributed by atoms with Crippen molar-refractivity contribution in [2.45, 2.75) is 44.2 Å². The zero-order valence-electron chi connectivity index (χ0n) is 15.8. The predicted molar refractivity (Wildman–Crippen MR) is 120 cm³/mol. The zero-order valence-corrected chi connectivity index (χ0v) is 20.4. The lowest BCUT2D eigenvalue weighted by molar-refractivity contribution is -0.149. The average molecular weight is 561 g/mol. The fraction of sp³-hybridized carbons (Fsp3) is 0.400. The monoisotopic (exact) mass is 558 g/mol. The Morgan fingerprint density at radius 2 is 1.57 bits per heavy atom. The van der Waals surface area contributed by atoms with Gasteiger partial charge in [-0.1, -0.05) is 58.5 Å². The SMILES string of the molecule is C[C@]1(O)[C@@H](OBr)O[C@H](COCc2ccc(Cl)cc2Cl)[C@H]1OCc1ccc(Cl)cc1Cl. The smallest absolute Gasteiger partial charge is 0.202 e. The molecule has 3 rings (SSSR count). The van der Waals surface area contributed by atoms with Gasteiger partial charge in [0.15, 0.2) is 0 Å². The fourth-order valence-corrected chi connectivity index (χ4v) is 4.53. The second-order valence-electron chi connectivity index (χ2n) is 7.04. The summed E-state index contributed by atoms with van der Waals surface area (Å²) >= 11 is 27.2. The second-order valence-corrected chi connectivity index (χ2v) is 9.10. The van der Waals surface area contributed by atoms with E-state index in [1.54, 1.807) is 43.3 Å². The van der Waals surface area contributed by atoms with Gasteiger partial charge in [-0.15, -0.1) is 0 Å². The van der Waals surface area contributed by atoms with Gasteiger partial charge < -0.3 is 19.3 Å². The van der Waals surface area contributed by atoms with Gasteiger partial charge in [-0.05, 0) is 42.3 Å². The maximum Gasteiger partial charge on any atom is 0.202 e. The fourth-order valence-electron chi connectivity index (χ4n) is 3.13. The van der Waals surface area contributed by atoms with Crippen LogP contribution in [0.15, 0.2) is 36.4 Å². The third-order valence-electron chi connectivity index (χ3n) is 4.76. The molecule has 0 amide bonds. The van der Waals surface area contributed by atoms with Gasteiger partial charge >= 0.3 is 0 Å². The molecule has 1 fully saturated rings. The van der Waals surface area contributed by atoms with E-state index in [4.69, 9.17) is 64.4 Å². The first-order valence-electron chi connectivity index (χ1n) is 8.94. The molecule has 1 aliphatic heterocycles. The molecule has 0 saturated carbocycles. The lowest BCUT2D eigenvalue weighted by Gasteiger charge is -2.28. The molecule has 4 atom stereocenters. The Morgan fingerprint density at radius 1 is 1.00 bits per heavy atom.